The van der Waals surface area contributed by atoms with E-state index < -0.39 is 0 Å². The Morgan fingerprint density at radius 3 is 2.66 bits per heavy atom. The third-order valence-electron chi connectivity index (χ3n) is 7.14. The number of rotatable bonds is 1. The molecule has 32 heavy (non-hydrogen) atoms. The molecule has 6 rings (SSSR count). The molecule has 2 N–H and O–H groups in total. The molecule has 1 aliphatic heterocycles. The van der Waals surface area contributed by atoms with Gasteiger partial charge < -0.3 is 14.7 Å². The fraction of sp³-hybridized carbons (Fsp3) is 0.333. The van der Waals surface area contributed by atoms with Crippen LogP contribution in [0.25, 0.3) is 39.0 Å². The molecule has 3 heterocycles. The van der Waals surface area contributed by atoms with Gasteiger partial charge in [-0.1, -0.05) is 31.6 Å². The van der Waals surface area contributed by atoms with Crippen LogP contribution in [0.2, 0.25) is 0 Å². The molecule has 0 bridgehead atoms. The van der Waals surface area contributed by atoms with Crippen LogP contribution in [0.4, 0.5) is 0 Å². The van der Waals surface area contributed by atoms with Gasteiger partial charge in [0.05, 0.1) is 11.0 Å². The number of para-hydroxylation sites is 2. The van der Waals surface area contributed by atoms with Crippen molar-refractivity contribution in [2.45, 2.75) is 51.5 Å². The lowest BCUT2D eigenvalue weighted by atomic mass is 9.65. The van der Waals surface area contributed by atoms with Crippen LogP contribution in [-0.4, -0.2) is 22.1 Å². The zero-order chi connectivity index (χ0) is 22.3. The first kappa shape index (κ1) is 19.5. The molecule has 2 aromatic carbocycles. The fourth-order valence-electron chi connectivity index (χ4n) is 5.69. The minimum atomic E-state index is -0.373. The number of nitrogens with one attached hydrogen (secondary N) is 2. The molecule has 2 aromatic heterocycles. The number of nitrogens with zero attached hydrogens (tertiary/aromatic N) is 1. The van der Waals surface area contributed by atoms with E-state index in [9.17, 15) is 4.79 Å². The Balaban J connectivity index is 1.59. The van der Waals surface area contributed by atoms with E-state index in [2.05, 4.69) is 55.1 Å². The van der Waals surface area contributed by atoms with Crippen molar-refractivity contribution in [2.75, 3.05) is 6.54 Å². The summed E-state index contributed by atoms with van der Waals surface area (Å²) in [6.45, 7) is 10.1. The van der Waals surface area contributed by atoms with Crippen molar-refractivity contribution < 1.29 is 4.42 Å². The standard InChI is InChI=1S/C27H27N3O2/c1-26(2)14-15-9-10-28-27(3,4)23(15)17-13-22-16(12-19(17)26)11-18(25(31)32-22)24-29-20-7-5-6-8-21(20)30-24/h5-8,11-13,28H,9-10,14H2,1-4H3,(H,29,30). The first-order chi connectivity index (χ1) is 15.2. The third-order valence-corrected chi connectivity index (χ3v) is 7.14. The Hall–Kier alpha value is -3.18. The SMILES string of the molecule is CC1(C)NCCC2=C1c1cc3oc(=O)c(-c4nc5ccccc5[nH]4)cc3cc1C(C)(C)C2. The Morgan fingerprint density at radius 2 is 1.84 bits per heavy atom. The molecule has 4 aromatic rings. The molecule has 0 fully saturated rings. The van der Waals surface area contributed by atoms with E-state index in [-0.39, 0.29) is 16.6 Å². The number of hydrogen-bond acceptors (Lipinski definition) is 4. The number of fused-ring (bicyclic) bond motifs is 4. The summed E-state index contributed by atoms with van der Waals surface area (Å²) >= 11 is 0. The van der Waals surface area contributed by atoms with Crippen LogP contribution in [0.15, 0.2) is 57.2 Å². The molecular weight excluding hydrogens is 398 g/mol. The largest absolute Gasteiger partial charge is 0.422 e. The van der Waals surface area contributed by atoms with Crippen molar-refractivity contribution >= 4 is 27.6 Å². The third kappa shape index (κ3) is 2.81. The van der Waals surface area contributed by atoms with E-state index in [1.807, 2.05) is 30.3 Å². The van der Waals surface area contributed by atoms with Crippen molar-refractivity contribution in [2.24, 2.45) is 0 Å². The van der Waals surface area contributed by atoms with E-state index in [0.29, 0.717) is 17.0 Å². The smallest absolute Gasteiger partial charge is 0.347 e. The van der Waals surface area contributed by atoms with Crippen LogP contribution in [0.3, 0.4) is 0 Å². The second-order valence-electron chi connectivity index (χ2n) is 10.3. The number of aromatic nitrogens is 2. The second-order valence-corrected chi connectivity index (χ2v) is 10.3. The van der Waals surface area contributed by atoms with Gasteiger partial charge in [-0.25, -0.2) is 9.78 Å². The Kier molecular flexibility index (Phi) is 3.91. The summed E-state index contributed by atoms with van der Waals surface area (Å²) in [5, 5.41) is 4.59. The molecule has 0 unspecified atom stereocenters. The zero-order valence-electron chi connectivity index (χ0n) is 18.9. The maximum Gasteiger partial charge on any atom is 0.347 e. The first-order valence-electron chi connectivity index (χ1n) is 11.3. The molecule has 1 aliphatic carbocycles. The van der Waals surface area contributed by atoms with Crippen LogP contribution in [-0.2, 0) is 5.41 Å². The normalized spacial score (nSPS) is 19.2. The van der Waals surface area contributed by atoms with Gasteiger partial charge in [0.2, 0.25) is 0 Å². The Labute approximate surface area is 186 Å². The van der Waals surface area contributed by atoms with Gasteiger partial charge in [-0.05, 0) is 85.7 Å². The fourth-order valence-corrected chi connectivity index (χ4v) is 5.69. The average molecular weight is 426 g/mol. The predicted molar refractivity (Wildman–Crippen MR) is 129 cm³/mol. The maximum absolute atomic E-state index is 13.0. The Bertz CT molecular complexity index is 1470. The molecular formula is C27H27N3O2. The van der Waals surface area contributed by atoms with Crippen LogP contribution < -0.4 is 10.9 Å². The molecule has 5 heteroatoms. The lowest BCUT2D eigenvalue weighted by Gasteiger charge is -2.44. The van der Waals surface area contributed by atoms with Crippen molar-refractivity contribution in [3.63, 3.8) is 0 Å². The predicted octanol–water partition coefficient (Wildman–Crippen LogP) is 5.54. The molecule has 0 amide bonds. The van der Waals surface area contributed by atoms with Crippen LogP contribution in [0.1, 0.15) is 51.7 Å². The highest BCUT2D eigenvalue weighted by Crippen LogP contribution is 2.49. The van der Waals surface area contributed by atoms with E-state index in [0.717, 1.165) is 35.8 Å². The minimum Gasteiger partial charge on any atom is -0.422 e. The van der Waals surface area contributed by atoms with Crippen LogP contribution >= 0.6 is 0 Å². The molecule has 5 nitrogen and oxygen atoms in total. The summed E-state index contributed by atoms with van der Waals surface area (Å²) in [5.74, 6) is 0.543. The van der Waals surface area contributed by atoms with E-state index >= 15 is 0 Å². The quantitative estimate of drug-likeness (QED) is 0.393. The number of H-pyrrole nitrogens is 1. The molecule has 2 aliphatic rings. The van der Waals surface area contributed by atoms with Gasteiger partial charge in [-0.2, -0.15) is 0 Å². The van der Waals surface area contributed by atoms with E-state index in [4.69, 9.17) is 4.42 Å². The van der Waals surface area contributed by atoms with Crippen molar-refractivity contribution in [1.29, 1.82) is 0 Å². The molecule has 0 saturated carbocycles. The monoisotopic (exact) mass is 425 g/mol. The number of imidazole rings is 1. The van der Waals surface area contributed by atoms with Gasteiger partial charge in [-0.3, -0.25) is 0 Å². The Morgan fingerprint density at radius 1 is 1.03 bits per heavy atom. The van der Waals surface area contributed by atoms with Gasteiger partial charge >= 0.3 is 5.63 Å². The highest BCUT2D eigenvalue weighted by molar-refractivity contribution is 5.90. The van der Waals surface area contributed by atoms with Gasteiger partial charge in [-0.15, -0.1) is 0 Å². The van der Waals surface area contributed by atoms with Crippen molar-refractivity contribution in [1.82, 2.24) is 15.3 Å². The highest BCUT2D eigenvalue weighted by Gasteiger charge is 2.40. The van der Waals surface area contributed by atoms with E-state index in [1.54, 1.807) is 0 Å². The van der Waals surface area contributed by atoms with Gasteiger partial charge in [0, 0.05) is 10.9 Å². The topological polar surface area (TPSA) is 70.9 Å². The summed E-state index contributed by atoms with van der Waals surface area (Å²) in [7, 11) is 0. The summed E-state index contributed by atoms with van der Waals surface area (Å²) in [6, 6.07) is 14.0. The molecule has 0 atom stereocenters. The summed E-state index contributed by atoms with van der Waals surface area (Å²) in [6.07, 6.45) is 2.12. The number of aromatic amines is 1. The minimum absolute atomic E-state index is 0.0193. The molecule has 0 spiro atoms. The number of hydrogen-bond donors (Lipinski definition) is 2. The molecule has 162 valence electrons. The average Bonchev–Trinajstić information content (AvgIpc) is 3.15. The summed E-state index contributed by atoms with van der Waals surface area (Å²) in [4.78, 5) is 20.8. The summed E-state index contributed by atoms with van der Waals surface area (Å²) in [5.41, 5.74) is 7.76. The zero-order valence-corrected chi connectivity index (χ0v) is 18.9. The molecule has 0 radical (unpaired) electrons. The maximum atomic E-state index is 13.0. The lowest BCUT2D eigenvalue weighted by Crippen LogP contribution is -2.47. The first-order valence-corrected chi connectivity index (χ1v) is 11.3. The van der Waals surface area contributed by atoms with Crippen LogP contribution in [0.5, 0.6) is 0 Å². The van der Waals surface area contributed by atoms with Gasteiger partial charge in [0.1, 0.15) is 17.0 Å². The molecule has 0 saturated heterocycles. The van der Waals surface area contributed by atoms with Crippen molar-refractivity contribution in [3.05, 3.63) is 69.6 Å². The summed E-state index contributed by atoms with van der Waals surface area (Å²) < 4.78 is 5.87. The number of benzene rings is 2. The lowest BCUT2D eigenvalue weighted by molar-refractivity contribution is 0.428. The van der Waals surface area contributed by atoms with Crippen LogP contribution in [0, 0.1) is 0 Å². The second kappa shape index (κ2) is 6.42. The van der Waals surface area contributed by atoms with Gasteiger partial charge in [0.15, 0.2) is 0 Å². The van der Waals surface area contributed by atoms with E-state index in [1.165, 1.54) is 22.3 Å². The highest BCUT2D eigenvalue weighted by atomic mass is 16.4. The van der Waals surface area contributed by atoms with Gasteiger partial charge in [0.25, 0.3) is 0 Å². The van der Waals surface area contributed by atoms with Crippen molar-refractivity contribution in [3.8, 4) is 11.4 Å².